The average Bonchev–Trinajstić information content (AvgIpc) is 3.28. The van der Waals surface area contributed by atoms with Crippen molar-refractivity contribution in [2.45, 2.75) is 17.6 Å². The molecule has 0 aliphatic rings. The van der Waals surface area contributed by atoms with Crippen LogP contribution in [0.5, 0.6) is 5.75 Å². The van der Waals surface area contributed by atoms with E-state index >= 15 is 0 Å². The van der Waals surface area contributed by atoms with Crippen LogP contribution in [0.3, 0.4) is 0 Å². The number of methoxy groups -OCH3 is 1. The molecule has 1 heterocycles. The fraction of sp³-hybridized carbons (Fsp3) is 0.227. The molecule has 164 valence electrons. The number of rotatable bonds is 10. The molecule has 0 aliphatic carbocycles. The van der Waals surface area contributed by atoms with Crippen molar-refractivity contribution >= 4 is 44.7 Å². The number of amides is 1. The molecular weight excluding hydrogens is 452 g/mol. The SMILES string of the molecule is COc1ccc(C(=O)NCCSCc2ccsc2)cc1S(=O)(=O)Nc1ccc(C)cc1. The molecule has 1 amide bonds. The van der Waals surface area contributed by atoms with E-state index in [0.29, 0.717) is 12.2 Å². The lowest BCUT2D eigenvalue weighted by Gasteiger charge is -2.13. The van der Waals surface area contributed by atoms with Gasteiger partial charge in [0.25, 0.3) is 15.9 Å². The van der Waals surface area contributed by atoms with Gasteiger partial charge in [0.15, 0.2) is 0 Å². The maximum Gasteiger partial charge on any atom is 0.265 e. The Bertz CT molecular complexity index is 1110. The highest BCUT2D eigenvalue weighted by Gasteiger charge is 2.22. The average molecular weight is 477 g/mol. The van der Waals surface area contributed by atoms with Crippen LogP contribution in [0.2, 0.25) is 0 Å². The Kier molecular flexibility index (Phi) is 8.00. The van der Waals surface area contributed by atoms with E-state index in [1.807, 2.05) is 24.4 Å². The lowest BCUT2D eigenvalue weighted by Crippen LogP contribution is -2.26. The van der Waals surface area contributed by atoms with Crippen molar-refractivity contribution in [3.05, 3.63) is 76.0 Å². The van der Waals surface area contributed by atoms with Crippen LogP contribution in [-0.2, 0) is 15.8 Å². The van der Waals surface area contributed by atoms with Gasteiger partial charge in [-0.15, -0.1) is 0 Å². The van der Waals surface area contributed by atoms with Crippen LogP contribution in [0.15, 0.2) is 64.2 Å². The summed E-state index contributed by atoms with van der Waals surface area (Å²) in [5.41, 5.74) is 2.98. The van der Waals surface area contributed by atoms with Crippen LogP contribution in [0.4, 0.5) is 5.69 Å². The Morgan fingerprint density at radius 3 is 2.58 bits per heavy atom. The van der Waals surface area contributed by atoms with Gasteiger partial charge >= 0.3 is 0 Å². The third-order valence-electron chi connectivity index (χ3n) is 4.40. The zero-order valence-corrected chi connectivity index (χ0v) is 19.7. The number of anilines is 1. The first-order valence-electron chi connectivity index (χ1n) is 9.53. The molecule has 9 heteroatoms. The van der Waals surface area contributed by atoms with Crippen LogP contribution < -0.4 is 14.8 Å². The highest BCUT2D eigenvalue weighted by Crippen LogP contribution is 2.27. The second kappa shape index (κ2) is 10.7. The van der Waals surface area contributed by atoms with Crippen molar-refractivity contribution in [1.29, 1.82) is 0 Å². The predicted octanol–water partition coefficient (Wildman–Crippen LogP) is 4.53. The highest BCUT2D eigenvalue weighted by atomic mass is 32.2. The molecular formula is C22H24N2O4S3. The molecule has 0 aliphatic heterocycles. The topological polar surface area (TPSA) is 84.5 Å². The predicted molar refractivity (Wildman–Crippen MR) is 128 cm³/mol. The number of carbonyl (C=O) groups is 1. The highest BCUT2D eigenvalue weighted by molar-refractivity contribution is 7.98. The smallest absolute Gasteiger partial charge is 0.265 e. The molecule has 0 saturated carbocycles. The minimum atomic E-state index is -3.94. The Morgan fingerprint density at radius 2 is 1.90 bits per heavy atom. The largest absolute Gasteiger partial charge is 0.495 e. The number of carbonyl (C=O) groups excluding carboxylic acids is 1. The maximum absolute atomic E-state index is 12.9. The fourth-order valence-electron chi connectivity index (χ4n) is 2.76. The zero-order chi connectivity index (χ0) is 22.3. The van der Waals surface area contributed by atoms with Gasteiger partial charge < -0.3 is 10.1 Å². The van der Waals surface area contributed by atoms with E-state index in [1.165, 1.54) is 24.8 Å². The summed E-state index contributed by atoms with van der Waals surface area (Å²) < 4.78 is 33.6. The normalized spacial score (nSPS) is 11.2. The number of ether oxygens (including phenoxy) is 1. The number of aryl methyl sites for hydroxylation is 1. The van der Waals surface area contributed by atoms with Crippen molar-refractivity contribution < 1.29 is 17.9 Å². The summed E-state index contributed by atoms with van der Waals surface area (Å²) in [6.45, 7) is 2.41. The Balaban J connectivity index is 1.65. The second-order valence-electron chi connectivity index (χ2n) is 6.78. The van der Waals surface area contributed by atoms with Gasteiger partial charge in [-0.05, 0) is 59.6 Å². The van der Waals surface area contributed by atoms with Crippen LogP contribution >= 0.6 is 23.1 Å². The summed E-state index contributed by atoms with van der Waals surface area (Å²) in [5, 5.41) is 6.99. The molecule has 0 atom stereocenters. The monoisotopic (exact) mass is 476 g/mol. The Morgan fingerprint density at radius 1 is 1.13 bits per heavy atom. The molecule has 2 N–H and O–H groups in total. The number of thioether (sulfide) groups is 1. The molecule has 2 aromatic carbocycles. The summed E-state index contributed by atoms with van der Waals surface area (Å²) in [6.07, 6.45) is 0. The van der Waals surface area contributed by atoms with Gasteiger partial charge in [0, 0.05) is 29.3 Å². The van der Waals surface area contributed by atoms with Crippen LogP contribution in [0.1, 0.15) is 21.5 Å². The van der Waals surface area contributed by atoms with Gasteiger partial charge in [0.1, 0.15) is 10.6 Å². The van der Waals surface area contributed by atoms with Crippen molar-refractivity contribution in [3.63, 3.8) is 0 Å². The van der Waals surface area contributed by atoms with Crippen molar-refractivity contribution in [1.82, 2.24) is 5.32 Å². The lowest BCUT2D eigenvalue weighted by molar-refractivity contribution is 0.0956. The first kappa shape index (κ1) is 23.2. The molecule has 0 bridgehead atoms. The van der Waals surface area contributed by atoms with Gasteiger partial charge in [-0.3, -0.25) is 9.52 Å². The van der Waals surface area contributed by atoms with E-state index in [1.54, 1.807) is 41.3 Å². The number of nitrogens with one attached hydrogen (secondary N) is 2. The summed E-state index contributed by atoms with van der Waals surface area (Å²) in [6, 6.07) is 13.5. The first-order chi connectivity index (χ1) is 14.9. The number of sulfonamides is 1. The van der Waals surface area contributed by atoms with E-state index < -0.39 is 10.0 Å². The van der Waals surface area contributed by atoms with Crippen molar-refractivity contribution in [2.75, 3.05) is 24.1 Å². The Labute approximate surface area is 191 Å². The van der Waals surface area contributed by atoms with Gasteiger partial charge in [-0.1, -0.05) is 17.7 Å². The molecule has 0 radical (unpaired) electrons. The minimum Gasteiger partial charge on any atom is -0.495 e. The standard InChI is InChI=1S/C22H24N2O4S3/c1-16-3-6-19(7-4-16)24-31(26,27)21-13-18(5-8-20(21)28-2)22(25)23-10-12-30-15-17-9-11-29-14-17/h3-9,11,13-14,24H,10,12,15H2,1-2H3,(H,23,25). The van der Waals surface area contributed by atoms with Crippen LogP contribution in [0, 0.1) is 6.92 Å². The van der Waals surface area contributed by atoms with Crippen molar-refractivity contribution in [3.8, 4) is 5.75 Å². The molecule has 0 saturated heterocycles. The number of thiophene rings is 1. The summed E-state index contributed by atoms with van der Waals surface area (Å²) in [4.78, 5) is 12.4. The van der Waals surface area contributed by atoms with E-state index in [2.05, 4.69) is 21.5 Å². The van der Waals surface area contributed by atoms with E-state index in [9.17, 15) is 13.2 Å². The van der Waals surface area contributed by atoms with E-state index in [-0.39, 0.29) is 22.1 Å². The third kappa shape index (κ3) is 6.49. The van der Waals surface area contributed by atoms with Gasteiger partial charge in [0.05, 0.1) is 7.11 Å². The first-order valence-corrected chi connectivity index (χ1v) is 13.1. The molecule has 31 heavy (non-hydrogen) atoms. The number of hydrogen-bond acceptors (Lipinski definition) is 6. The fourth-order valence-corrected chi connectivity index (χ4v) is 5.60. The van der Waals surface area contributed by atoms with Crippen LogP contribution in [-0.4, -0.2) is 33.7 Å². The van der Waals surface area contributed by atoms with Gasteiger partial charge in [-0.25, -0.2) is 8.42 Å². The summed E-state index contributed by atoms with van der Waals surface area (Å²) >= 11 is 3.40. The molecule has 0 spiro atoms. The maximum atomic E-state index is 12.9. The molecule has 1 aromatic heterocycles. The second-order valence-corrected chi connectivity index (χ2v) is 10.3. The van der Waals surface area contributed by atoms with Gasteiger partial charge in [-0.2, -0.15) is 23.1 Å². The van der Waals surface area contributed by atoms with E-state index in [4.69, 9.17) is 4.74 Å². The number of hydrogen-bond donors (Lipinski definition) is 2. The molecule has 0 unspecified atom stereocenters. The molecule has 3 rings (SSSR count). The third-order valence-corrected chi connectivity index (χ3v) is 7.56. The quantitative estimate of drug-likeness (QED) is 0.420. The lowest BCUT2D eigenvalue weighted by atomic mass is 10.2. The Hall–Kier alpha value is -2.49. The zero-order valence-electron chi connectivity index (χ0n) is 17.3. The minimum absolute atomic E-state index is 0.0879. The number of benzene rings is 2. The van der Waals surface area contributed by atoms with Crippen LogP contribution in [0.25, 0.3) is 0 Å². The molecule has 0 fully saturated rings. The van der Waals surface area contributed by atoms with Crippen molar-refractivity contribution in [2.24, 2.45) is 0 Å². The van der Waals surface area contributed by atoms with Gasteiger partial charge in [0.2, 0.25) is 0 Å². The molecule has 3 aromatic rings. The summed E-state index contributed by atoms with van der Waals surface area (Å²) in [5.74, 6) is 1.50. The molecule has 6 nitrogen and oxygen atoms in total. The van der Waals surface area contributed by atoms with E-state index in [0.717, 1.165) is 17.1 Å². The summed E-state index contributed by atoms with van der Waals surface area (Å²) in [7, 11) is -2.54.